The van der Waals surface area contributed by atoms with Gasteiger partial charge in [-0.25, -0.2) is 0 Å². The Bertz CT molecular complexity index is 570. The highest BCUT2D eigenvalue weighted by molar-refractivity contribution is 6.34. The Kier molecular flexibility index (Phi) is 4.57. The molecule has 0 bridgehead atoms. The van der Waals surface area contributed by atoms with Crippen LogP contribution in [0.2, 0.25) is 5.02 Å². The number of nitrogen functional groups attached to an aromatic ring is 1. The molecule has 2 amide bonds. The molecule has 0 atom stereocenters. The molecule has 0 aliphatic carbocycles. The van der Waals surface area contributed by atoms with E-state index in [2.05, 4.69) is 0 Å². The molecule has 1 fully saturated rings. The maximum absolute atomic E-state index is 12.2. The van der Waals surface area contributed by atoms with E-state index in [0.29, 0.717) is 16.4 Å². The van der Waals surface area contributed by atoms with Gasteiger partial charge in [0, 0.05) is 25.8 Å². The first-order valence-corrected chi connectivity index (χ1v) is 7.15. The van der Waals surface area contributed by atoms with Crippen LogP contribution in [0.5, 0.6) is 0 Å². The number of likely N-dealkylation sites (tertiary alicyclic amines) is 1. The van der Waals surface area contributed by atoms with Crippen LogP contribution in [0.3, 0.4) is 0 Å². The van der Waals surface area contributed by atoms with Crippen LogP contribution < -0.4 is 16.4 Å². The van der Waals surface area contributed by atoms with Crippen molar-refractivity contribution in [3.05, 3.63) is 22.7 Å². The van der Waals surface area contributed by atoms with E-state index in [0.717, 1.165) is 25.9 Å². The summed E-state index contributed by atoms with van der Waals surface area (Å²) in [5, 5.41) is 0.306. The first-order valence-electron chi connectivity index (χ1n) is 6.78. The smallest absolute Gasteiger partial charge is 0.250 e. The third-order valence-corrected chi connectivity index (χ3v) is 3.85. The largest absolute Gasteiger partial charge is 0.399 e. The van der Waals surface area contributed by atoms with Gasteiger partial charge in [-0.2, -0.15) is 0 Å². The van der Waals surface area contributed by atoms with E-state index < -0.39 is 5.91 Å². The number of amides is 2. The lowest BCUT2D eigenvalue weighted by Crippen LogP contribution is -2.38. The van der Waals surface area contributed by atoms with Gasteiger partial charge in [0.15, 0.2) is 0 Å². The number of hydrogen-bond donors (Lipinski definition) is 2. The number of primary amides is 1. The quantitative estimate of drug-likeness (QED) is 0.814. The Balaban J connectivity index is 2.23. The highest BCUT2D eigenvalue weighted by atomic mass is 35.5. The number of halogens is 1. The van der Waals surface area contributed by atoms with E-state index in [1.807, 2.05) is 4.90 Å². The molecular weight excluding hydrogens is 292 g/mol. The molecule has 1 aromatic carbocycles. The number of carbonyl (C=O) groups is 2. The molecule has 114 valence electrons. The highest BCUT2D eigenvalue weighted by Crippen LogP contribution is 2.31. The zero-order valence-corrected chi connectivity index (χ0v) is 12.7. The lowest BCUT2D eigenvalue weighted by atomic mass is 10.1. The lowest BCUT2D eigenvalue weighted by Gasteiger charge is -2.25. The number of nitrogens with two attached hydrogens (primary N) is 2. The summed E-state index contributed by atoms with van der Waals surface area (Å²) >= 11 is 6.16. The second-order valence-corrected chi connectivity index (χ2v) is 5.61. The van der Waals surface area contributed by atoms with E-state index in [-0.39, 0.29) is 18.0 Å². The number of benzene rings is 1. The Morgan fingerprint density at radius 3 is 2.52 bits per heavy atom. The predicted molar refractivity (Wildman–Crippen MR) is 83.5 cm³/mol. The van der Waals surface area contributed by atoms with Crippen molar-refractivity contribution in [1.82, 2.24) is 4.90 Å². The second-order valence-electron chi connectivity index (χ2n) is 5.21. The van der Waals surface area contributed by atoms with Gasteiger partial charge in [0.05, 0.1) is 22.8 Å². The molecule has 1 aromatic rings. The molecule has 21 heavy (non-hydrogen) atoms. The van der Waals surface area contributed by atoms with Crippen LogP contribution in [0.4, 0.5) is 11.4 Å². The van der Waals surface area contributed by atoms with Crippen molar-refractivity contribution < 1.29 is 9.59 Å². The van der Waals surface area contributed by atoms with E-state index in [4.69, 9.17) is 23.1 Å². The fraction of sp³-hybridized carbons (Fsp3) is 0.429. The summed E-state index contributed by atoms with van der Waals surface area (Å²) in [4.78, 5) is 27.2. The van der Waals surface area contributed by atoms with Crippen LogP contribution in [-0.2, 0) is 4.79 Å². The first-order chi connectivity index (χ1) is 9.90. The van der Waals surface area contributed by atoms with E-state index in [1.165, 1.54) is 6.07 Å². The van der Waals surface area contributed by atoms with E-state index in [9.17, 15) is 9.59 Å². The molecule has 0 saturated carbocycles. The van der Waals surface area contributed by atoms with Gasteiger partial charge >= 0.3 is 0 Å². The maximum atomic E-state index is 12.2. The Morgan fingerprint density at radius 2 is 1.95 bits per heavy atom. The van der Waals surface area contributed by atoms with Crippen LogP contribution in [0.25, 0.3) is 0 Å². The number of hydrogen-bond acceptors (Lipinski definition) is 4. The minimum absolute atomic E-state index is 0.0123. The summed E-state index contributed by atoms with van der Waals surface area (Å²) in [6, 6.07) is 3.01. The van der Waals surface area contributed by atoms with Crippen LogP contribution >= 0.6 is 11.6 Å². The van der Waals surface area contributed by atoms with Crippen LogP contribution in [-0.4, -0.2) is 43.4 Å². The van der Waals surface area contributed by atoms with Gasteiger partial charge in [0.2, 0.25) is 5.91 Å². The lowest BCUT2D eigenvalue weighted by molar-refractivity contribution is -0.128. The summed E-state index contributed by atoms with van der Waals surface area (Å²) in [5.41, 5.74) is 12.1. The van der Waals surface area contributed by atoms with Crippen molar-refractivity contribution in [3.63, 3.8) is 0 Å². The molecule has 0 spiro atoms. The number of anilines is 2. The second kappa shape index (κ2) is 6.22. The van der Waals surface area contributed by atoms with Crippen molar-refractivity contribution in [2.24, 2.45) is 5.73 Å². The highest BCUT2D eigenvalue weighted by Gasteiger charge is 2.22. The normalized spacial score (nSPS) is 14.3. The summed E-state index contributed by atoms with van der Waals surface area (Å²) in [6.07, 6.45) is 2.06. The molecule has 4 N–H and O–H groups in total. The Hall–Kier alpha value is -1.95. The maximum Gasteiger partial charge on any atom is 0.250 e. The summed E-state index contributed by atoms with van der Waals surface area (Å²) in [6.45, 7) is 1.71. The summed E-state index contributed by atoms with van der Waals surface area (Å²) in [7, 11) is 1.71. The van der Waals surface area contributed by atoms with Crippen molar-refractivity contribution >= 4 is 34.8 Å². The van der Waals surface area contributed by atoms with Gasteiger partial charge in [-0.15, -0.1) is 0 Å². The Labute approximate surface area is 128 Å². The standard InChI is InChI=1S/C14H19ClN4O2/c1-18(8-12(20)19-4-2-3-5-19)13-10(14(17)21)6-9(16)7-11(13)15/h6-7H,2-5,8,16H2,1H3,(H2,17,21). The fourth-order valence-electron chi connectivity index (χ4n) is 2.54. The third kappa shape index (κ3) is 3.39. The van der Waals surface area contributed by atoms with Crippen molar-refractivity contribution in [2.75, 3.05) is 37.3 Å². The van der Waals surface area contributed by atoms with Gasteiger partial charge in [-0.05, 0) is 25.0 Å². The Morgan fingerprint density at radius 1 is 1.33 bits per heavy atom. The van der Waals surface area contributed by atoms with Crippen molar-refractivity contribution in [2.45, 2.75) is 12.8 Å². The molecular formula is C14H19ClN4O2. The summed E-state index contributed by atoms with van der Waals surface area (Å²) < 4.78 is 0. The molecule has 0 radical (unpaired) electrons. The third-order valence-electron chi connectivity index (χ3n) is 3.56. The number of likely N-dealkylation sites (N-methyl/N-ethyl adjacent to an activating group) is 1. The number of rotatable bonds is 4. The minimum Gasteiger partial charge on any atom is -0.399 e. The molecule has 1 heterocycles. The van der Waals surface area contributed by atoms with Gasteiger partial charge < -0.3 is 21.3 Å². The number of nitrogens with zero attached hydrogens (tertiary/aromatic N) is 2. The average molecular weight is 311 g/mol. The minimum atomic E-state index is -0.625. The van der Waals surface area contributed by atoms with Gasteiger partial charge in [-0.1, -0.05) is 11.6 Å². The van der Waals surface area contributed by atoms with Crippen LogP contribution in [0.1, 0.15) is 23.2 Å². The van der Waals surface area contributed by atoms with Crippen molar-refractivity contribution in [1.29, 1.82) is 0 Å². The predicted octanol–water partition coefficient (Wildman–Crippen LogP) is 1.08. The SMILES string of the molecule is CN(CC(=O)N1CCCC1)c1c(Cl)cc(N)cc1C(N)=O. The molecule has 6 nitrogen and oxygen atoms in total. The van der Waals surface area contributed by atoms with E-state index >= 15 is 0 Å². The average Bonchev–Trinajstić information content (AvgIpc) is 2.91. The first kappa shape index (κ1) is 15.4. The fourth-order valence-corrected chi connectivity index (χ4v) is 2.92. The number of carbonyl (C=O) groups excluding carboxylic acids is 2. The molecule has 2 rings (SSSR count). The van der Waals surface area contributed by atoms with Gasteiger partial charge in [0.1, 0.15) is 0 Å². The van der Waals surface area contributed by atoms with Crippen LogP contribution in [0, 0.1) is 0 Å². The zero-order valence-electron chi connectivity index (χ0n) is 11.9. The van der Waals surface area contributed by atoms with Gasteiger partial charge in [-0.3, -0.25) is 9.59 Å². The summed E-state index contributed by atoms with van der Waals surface area (Å²) in [5.74, 6) is -0.613. The monoisotopic (exact) mass is 310 g/mol. The molecule has 1 saturated heterocycles. The molecule has 1 aliphatic heterocycles. The zero-order chi connectivity index (χ0) is 15.6. The van der Waals surface area contributed by atoms with Crippen molar-refractivity contribution in [3.8, 4) is 0 Å². The molecule has 7 heteroatoms. The molecule has 1 aliphatic rings. The molecule has 0 aromatic heterocycles. The molecule has 0 unspecified atom stereocenters. The van der Waals surface area contributed by atoms with Gasteiger partial charge in [0.25, 0.3) is 5.91 Å². The van der Waals surface area contributed by atoms with E-state index in [1.54, 1.807) is 18.0 Å². The topological polar surface area (TPSA) is 92.7 Å². The van der Waals surface area contributed by atoms with Crippen LogP contribution in [0.15, 0.2) is 12.1 Å².